The number of benzene rings is 1. The van der Waals surface area contributed by atoms with Crippen molar-refractivity contribution >= 4 is 33.2 Å². The maximum Gasteiger partial charge on any atom is 0.416 e. The van der Waals surface area contributed by atoms with Gasteiger partial charge in [-0.05, 0) is 53.3 Å². The maximum atomic E-state index is 13.1. The Hall–Kier alpha value is -2.00. The summed E-state index contributed by atoms with van der Waals surface area (Å²) in [6.07, 6.45) is -4.49. The number of hydrogen-bond acceptors (Lipinski definition) is 4. The van der Waals surface area contributed by atoms with Gasteiger partial charge >= 0.3 is 6.18 Å². The van der Waals surface area contributed by atoms with Gasteiger partial charge in [-0.15, -0.1) is 0 Å². The summed E-state index contributed by atoms with van der Waals surface area (Å²) in [6.45, 7) is 2.91. The maximum absolute atomic E-state index is 13.1. The van der Waals surface area contributed by atoms with Crippen molar-refractivity contribution in [2.24, 2.45) is 0 Å². The molecule has 1 N–H and O–H groups in total. The number of anilines is 2. The van der Waals surface area contributed by atoms with Crippen LogP contribution in [-0.2, 0) is 6.18 Å². The first-order chi connectivity index (χ1) is 12.2. The molecule has 2 aromatic rings. The number of piperazine rings is 1. The number of likely N-dealkylation sites (N-methyl/N-ethyl adjacent to an activating group) is 1. The van der Waals surface area contributed by atoms with Crippen molar-refractivity contribution in [3.05, 3.63) is 46.3 Å². The van der Waals surface area contributed by atoms with E-state index in [1.807, 2.05) is 11.9 Å². The molecular formula is C17H17BrF3N3O2. The molecular weight excluding hydrogens is 415 g/mol. The van der Waals surface area contributed by atoms with Gasteiger partial charge in [-0.1, -0.05) is 0 Å². The van der Waals surface area contributed by atoms with Gasteiger partial charge in [0.2, 0.25) is 0 Å². The number of halogens is 4. The molecule has 0 radical (unpaired) electrons. The van der Waals surface area contributed by atoms with Crippen molar-refractivity contribution in [3.8, 4) is 0 Å². The second-order valence-corrected chi connectivity index (χ2v) is 6.86. The molecule has 1 saturated heterocycles. The lowest BCUT2D eigenvalue weighted by Gasteiger charge is -2.35. The van der Waals surface area contributed by atoms with Crippen molar-refractivity contribution in [2.75, 3.05) is 43.4 Å². The summed E-state index contributed by atoms with van der Waals surface area (Å²) in [5, 5.41) is 2.55. The summed E-state index contributed by atoms with van der Waals surface area (Å²) in [5.74, 6) is -0.594. The van der Waals surface area contributed by atoms with Crippen LogP contribution in [-0.4, -0.2) is 44.0 Å². The number of nitrogens with one attached hydrogen (secondary N) is 1. The molecule has 0 aliphatic carbocycles. The molecule has 3 rings (SSSR count). The summed E-state index contributed by atoms with van der Waals surface area (Å²) < 4.78 is 44.8. The minimum atomic E-state index is -4.49. The summed E-state index contributed by atoms with van der Waals surface area (Å²) >= 11 is 3.10. The summed E-state index contributed by atoms with van der Waals surface area (Å²) in [4.78, 5) is 16.4. The van der Waals surface area contributed by atoms with Crippen molar-refractivity contribution in [2.45, 2.75) is 6.18 Å². The van der Waals surface area contributed by atoms with Gasteiger partial charge in [0, 0.05) is 26.2 Å². The molecule has 5 nitrogen and oxygen atoms in total. The summed E-state index contributed by atoms with van der Waals surface area (Å²) in [6, 6.07) is 6.39. The van der Waals surface area contributed by atoms with E-state index >= 15 is 0 Å². The lowest BCUT2D eigenvalue weighted by molar-refractivity contribution is -0.137. The number of rotatable bonds is 3. The zero-order chi connectivity index (χ0) is 18.9. The first-order valence-electron chi connectivity index (χ1n) is 7.95. The second kappa shape index (κ2) is 7.32. The highest BCUT2D eigenvalue weighted by Gasteiger charge is 2.32. The third-order valence-electron chi connectivity index (χ3n) is 4.21. The highest BCUT2D eigenvalue weighted by Crippen LogP contribution is 2.36. The fourth-order valence-electron chi connectivity index (χ4n) is 2.76. The Bertz CT molecular complexity index is 799. The van der Waals surface area contributed by atoms with E-state index in [1.54, 1.807) is 6.07 Å². The van der Waals surface area contributed by atoms with Crippen molar-refractivity contribution in [3.63, 3.8) is 0 Å². The van der Waals surface area contributed by atoms with E-state index in [-0.39, 0.29) is 11.4 Å². The topological polar surface area (TPSA) is 48.7 Å². The molecule has 1 amide bonds. The Morgan fingerprint density at radius 1 is 1.15 bits per heavy atom. The number of carbonyl (C=O) groups is 1. The molecule has 1 aliphatic heterocycles. The fourth-order valence-corrected chi connectivity index (χ4v) is 3.06. The lowest BCUT2D eigenvalue weighted by atomic mass is 10.1. The molecule has 1 fully saturated rings. The Kier molecular flexibility index (Phi) is 5.29. The number of alkyl halides is 3. The highest BCUT2D eigenvalue weighted by atomic mass is 79.9. The van der Waals surface area contributed by atoms with E-state index < -0.39 is 17.6 Å². The van der Waals surface area contributed by atoms with E-state index in [2.05, 4.69) is 26.1 Å². The van der Waals surface area contributed by atoms with Gasteiger partial charge in [-0.3, -0.25) is 4.79 Å². The fraction of sp³-hybridized carbons (Fsp3) is 0.353. The SMILES string of the molecule is CN1CCN(c2ccc(C(F)(F)F)cc2NC(=O)c2ccc(Br)o2)CC1. The number of hydrogen-bond donors (Lipinski definition) is 1. The van der Waals surface area contributed by atoms with Gasteiger partial charge in [0.15, 0.2) is 10.4 Å². The minimum absolute atomic E-state index is 0.0126. The quantitative estimate of drug-likeness (QED) is 0.795. The molecule has 0 spiro atoms. The number of nitrogens with zero attached hydrogens (tertiary/aromatic N) is 2. The normalized spacial score (nSPS) is 16.0. The van der Waals surface area contributed by atoms with Crippen LogP contribution in [0.1, 0.15) is 16.1 Å². The Balaban J connectivity index is 1.92. The van der Waals surface area contributed by atoms with Crippen LogP contribution in [0.5, 0.6) is 0 Å². The molecule has 1 aromatic heterocycles. The van der Waals surface area contributed by atoms with Gasteiger partial charge < -0.3 is 19.5 Å². The van der Waals surface area contributed by atoms with Crippen LogP contribution in [0, 0.1) is 0 Å². The van der Waals surface area contributed by atoms with Crippen molar-refractivity contribution in [1.29, 1.82) is 0 Å². The molecule has 0 bridgehead atoms. The minimum Gasteiger partial charge on any atom is -0.444 e. The van der Waals surface area contributed by atoms with Gasteiger partial charge in [-0.25, -0.2) is 0 Å². The van der Waals surface area contributed by atoms with Crippen molar-refractivity contribution in [1.82, 2.24) is 4.90 Å². The zero-order valence-corrected chi connectivity index (χ0v) is 15.5. The molecule has 0 unspecified atom stereocenters. The first-order valence-corrected chi connectivity index (χ1v) is 8.75. The van der Waals surface area contributed by atoms with Gasteiger partial charge in [0.05, 0.1) is 16.9 Å². The molecule has 0 atom stereocenters. The number of carbonyl (C=O) groups excluding carboxylic acids is 1. The van der Waals surface area contributed by atoms with Crippen LogP contribution in [0.3, 0.4) is 0 Å². The number of amides is 1. The number of furan rings is 1. The predicted octanol–water partition coefficient (Wildman–Crippen LogP) is 4.07. The standard InChI is InChI=1S/C17H17BrF3N3O2/c1-23-6-8-24(9-7-23)13-3-2-11(17(19,20)21)10-12(13)22-16(25)14-4-5-15(18)26-14/h2-5,10H,6-9H2,1H3,(H,22,25). The summed E-state index contributed by atoms with van der Waals surface area (Å²) in [7, 11) is 1.99. The predicted molar refractivity (Wildman–Crippen MR) is 95.5 cm³/mol. The molecule has 1 aromatic carbocycles. The summed E-state index contributed by atoms with van der Waals surface area (Å²) in [5.41, 5.74) is -0.140. The molecule has 140 valence electrons. The average Bonchev–Trinajstić information content (AvgIpc) is 3.01. The van der Waals surface area contributed by atoms with Gasteiger partial charge in [0.1, 0.15) is 0 Å². The third kappa shape index (κ3) is 4.21. The smallest absolute Gasteiger partial charge is 0.416 e. The Labute approximate surface area is 156 Å². The van der Waals surface area contributed by atoms with Crippen LogP contribution in [0.15, 0.2) is 39.4 Å². The van der Waals surface area contributed by atoms with Gasteiger partial charge in [0.25, 0.3) is 5.91 Å². The van der Waals surface area contributed by atoms with E-state index in [0.29, 0.717) is 23.4 Å². The first kappa shape index (κ1) is 18.8. The van der Waals surface area contributed by atoms with Crippen LogP contribution < -0.4 is 10.2 Å². The Morgan fingerprint density at radius 3 is 2.42 bits per heavy atom. The zero-order valence-electron chi connectivity index (χ0n) is 13.9. The third-order valence-corrected chi connectivity index (χ3v) is 4.64. The van der Waals surface area contributed by atoms with E-state index in [1.165, 1.54) is 12.1 Å². The Morgan fingerprint density at radius 2 is 1.85 bits per heavy atom. The molecule has 9 heteroatoms. The van der Waals surface area contributed by atoms with E-state index in [4.69, 9.17) is 4.42 Å². The highest BCUT2D eigenvalue weighted by molar-refractivity contribution is 9.10. The lowest BCUT2D eigenvalue weighted by Crippen LogP contribution is -2.44. The van der Waals surface area contributed by atoms with E-state index in [0.717, 1.165) is 25.2 Å². The average molecular weight is 432 g/mol. The largest absolute Gasteiger partial charge is 0.444 e. The van der Waals surface area contributed by atoms with Crippen molar-refractivity contribution < 1.29 is 22.4 Å². The molecule has 1 aliphatic rings. The van der Waals surface area contributed by atoms with Crippen LogP contribution in [0.4, 0.5) is 24.5 Å². The van der Waals surface area contributed by atoms with Crippen LogP contribution in [0.2, 0.25) is 0 Å². The molecule has 0 saturated carbocycles. The van der Waals surface area contributed by atoms with Gasteiger partial charge in [-0.2, -0.15) is 13.2 Å². The molecule has 2 heterocycles. The van der Waals surface area contributed by atoms with Crippen LogP contribution >= 0.6 is 15.9 Å². The monoisotopic (exact) mass is 431 g/mol. The van der Waals surface area contributed by atoms with Crippen LogP contribution in [0.25, 0.3) is 0 Å². The van der Waals surface area contributed by atoms with E-state index in [9.17, 15) is 18.0 Å². The molecule has 26 heavy (non-hydrogen) atoms. The second-order valence-electron chi connectivity index (χ2n) is 6.08.